The third-order valence-corrected chi connectivity index (χ3v) is 4.02. The zero-order chi connectivity index (χ0) is 13.8. The first-order valence-electron chi connectivity index (χ1n) is 6.38. The summed E-state index contributed by atoms with van der Waals surface area (Å²) in [5.41, 5.74) is 0.558. The number of aryl methyl sites for hydroxylation is 1. The molecule has 0 aliphatic rings. The third-order valence-electron chi connectivity index (χ3n) is 2.92. The van der Waals surface area contributed by atoms with E-state index in [-0.39, 0.29) is 5.56 Å². The zero-order valence-corrected chi connectivity index (χ0v) is 11.9. The van der Waals surface area contributed by atoms with Gasteiger partial charge in [0.25, 0.3) is 0 Å². The van der Waals surface area contributed by atoms with Crippen LogP contribution in [-0.4, -0.2) is 6.54 Å². The molecule has 0 aliphatic carbocycles. The minimum Gasteiger partial charge on any atom is -0.312 e. The number of halogens is 2. The molecular weight excluding hydrogens is 264 g/mol. The molecule has 1 aromatic heterocycles. The first-order chi connectivity index (χ1) is 9.13. The largest absolute Gasteiger partial charge is 0.312 e. The predicted molar refractivity (Wildman–Crippen MR) is 76.4 cm³/mol. The van der Waals surface area contributed by atoms with E-state index >= 15 is 0 Å². The lowest BCUT2D eigenvalue weighted by Gasteiger charge is -2.05. The first-order valence-corrected chi connectivity index (χ1v) is 7.19. The van der Waals surface area contributed by atoms with E-state index in [4.69, 9.17) is 0 Å². The molecule has 0 saturated heterocycles. The van der Waals surface area contributed by atoms with E-state index in [1.54, 1.807) is 13.0 Å². The summed E-state index contributed by atoms with van der Waals surface area (Å²) >= 11 is 1.43. The molecule has 1 nitrogen and oxygen atoms in total. The van der Waals surface area contributed by atoms with Gasteiger partial charge in [-0.25, -0.2) is 8.78 Å². The van der Waals surface area contributed by atoms with Crippen LogP contribution in [0.2, 0.25) is 0 Å². The molecule has 2 rings (SSSR count). The standard InChI is InChI=1S/C15H17F2NS/c1-3-8-18-9-11-5-7-13(19-11)14-12(16)6-4-10(2)15(14)17/h4-7,18H,3,8-9H2,1-2H3. The normalized spacial score (nSPS) is 10.9. The van der Waals surface area contributed by atoms with Gasteiger partial charge in [0.05, 0.1) is 5.56 Å². The highest BCUT2D eigenvalue weighted by Crippen LogP contribution is 2.33. The van der Waals surface area contributed by atoms with Crippen LogP contribution in [0.15, 0.2) is 24.3 Å². The van der Waals surface area contributed by atoms with E-state index < -0.39 is 11.6 Å². The second-order valence-corrected chi connectivity index (χ2v) is 5.66. The maximum absolute atomic E-state index is 14.0. The summed E-state index contributed by atoms with van der Waals surface area (Å²) in [6.45, 7) is 5.44. The third kappa shape index (κ3) is 3.19. The van der Waals surface area contributed by atoms with Gasteiger partial charge in [-0.1, -0.05) is 13.0 Å². The SMILES string of the molecule is CCCNCc1ccc(-c2c(F)ccc(C)c2F)s1. The number of hydrogen-bond acceptors (Lipinski definition) is 2. The van der Waals surface area contributed by atoms with Gasteiger partial charge >= 0.3 is 0 Å². The van der Waals surface area contributed by atoms with Crippen LogP contribution >= 0.6 is 11.3 Å². The van der Waals surface area contributed by atoms with Crippen molar-refractivity contribution in [3.8, 4) is 10.4 Å². The molecule has 0 aliphatic heterocycles. The van der Waals surface area contributed by atoms with Crippen LogP contribution in [-0.2, 0) is 6.54 Å². The van der Waals surface area contributed by atoms with Crippen LogP contribution in [0.25, 0.3) is 10.4 Å². The van der Waals surface area contributed by atoms with Gasteiger partial charge in [0.2, 0.25) is 0 Å². The van der Waals surface area contributed by atoms with E-state index in [1.807, 2.05) is 6.07 Å². The molecule has 19 heavy (non-hydrogen) atoms. The monoisotopic (exact) mass is 281 g/mol. The topological polar surface area (TPSA) is 12.0 Å². The van der Waals surface area contributed by atoms with E-state index in [0.29, 0.717) is 10.4 Å². The molecule has 0 spiro atoms. The molecule has 0 unspecified atom stereocenters. The quantitative estimate of drug-likeness (QED) is 0.796. The Kier molecular flexibility index (Phi) is 4.66. The Labute approximate surface area is 116 Å². The van der Waals surface area contributed by atoms with Gasteiger partial charge in [-0.15, -0.1) is 11.3 Å². The van der Waals surface area contributed by atoms with Gasteiger partial charge in [0.15, 0.2) is 0 Å². The van der Waals surface area contributed by atoms with Crippen molar-refractivity contribution >= 4 is 11.3 Å². The summed E-state index contributed by atoms with van der Waals surface area (Å²) in [6.07, 6.45) is 1.07. The van der Waals surface area contributed by atoms with E-state index in [0.717, 1.165) is 24.4 Å². The number of nitrogens with one attached hydrogen (secondary N) is 1. The summed E-state index contributed by atoms with van der Waals surface area (Å²) in [5.74, 6) is -0.965. The molecule has 4 heteroatoms. The Balaban J connectivity index is 2.25. The van der Waals surface area contributed by atoms with Crippen LogP contribution < -0.4 is 5.32 Å². The van der Waals surface area contributed by atoms with E-state index in [1.165, 1.54) is 23.5 Å². The second kappa shape index (κ2) is 6.26. The van der Waals surface area contributed by atoms with E-state index in [9.17, 15) is 8.78 Å². The maximum atomic E-state index is 14.0. The summed E-state index contributed by atoms with van der Waals surface area (Å²) < 4.78 is 27.8. The number of benzene rings is 1. The highest BCUT2D eigenvalue weighted by molar-refractivity contribution is 7.15. The lowest BCUT2D eigenvalue weighted by molar-refractivity contribution is 0.584. The van der Waals surface area contributed by atoms with Crippen molar-refractivity contribution < 1.29 is 8.78 Å². The molecule has 102 valence electrons. The maximum Gasteiger partial charge on any atom is 0.137 e. The molecule has 0 radical (unpaired) electrons. The van der Waals surface area contributed by atoms with Crippen molar-refractivity contribution in [1.82, 2.24) is 5.32 Å². The highest BCUT2D eigenvalue weighted by atomic mass is 32.1. The Bertz CT molecular complexity index is 563. The Hall–Kier alpha value is -1.26. The van der Waals surface area contributed by atoms with Gasteiger partial charge < -0.3 is 5.32 Å². The van der Waals surface area contributed by atoms with Crippen LogP contribution in [0.4, 0.5) is 8.78 Å². The number of rotatable bonds is 5. The number of thiophene rings is 1. The molecule has 0 fully saturated rings. The van der Waals surface area contributed by atoms with Crippen molar-refractivity contribution in [1.29, 1.82) is 0 Å². The van der Waals surface area contributed by atoms with Gasteiger partial charge in [-0.3, -0.25) is 0 Å². The van der Waals surface area contributed by atoms with Crippen LogP contribution in [0.3, 0.4) is 0 Å². The summed E-state index contributed by atoms with van der Waals surface area (Å²) in [7, 11) is 0. The molecule has 0 atom stereocenters. The Morgan fingerprint density at radius 2 is 1.95 bits per heavy atom. The van der Waals surface area contributed by atoms with Crippen molar-refractivity contribution in [2.45, 2.75) is 26.8 Å². The first kappa shape index (κ1) is 14.2. The molecule has 0 saturated carbocycles. The molecule has 1 heterocycles. The fourth-order valence-electron chi connectivity index (χ4n) is 1.88. The minimum atomic E-state index is -0.502. The summed E-state index contributed by atoms with van der Waals surface area (Å²) in [6, 6.07) is 6.49. The van der Waals surface area contributed by atoms with Crippen molar-refractivity contribution in [2.75, 3.05) is 6.54 Å². The molecule has 1 N–H and O–H groups in total. The number of hydrogen-bond donors (Lipinski definition) is 1. The second-order valence-electron chi connectivity index (χ2n) is 4.50. The van der Waals surface area contributed by atoms with Gasteiger partial charge in [-0.2, -0.15) is 0 Å². The molecular formula is C15H17F2NS. The average molecular weight is 281 g/mol. The smallest absolute Gasteiger partial charge is 0.137 e. The average Bonchev–Trinajstić information content (AvgIpc) is 2.83. The molecule has 0 amide bonds. The van der Waals surface area contributed by atoms with Crippen LogP contribution in [0.5, 0.6) is 0 Å². The van der Waals surface area contributed by atoms with Crippen molar-refractivity contribution in [3.63, 3.8) is 0 Å². The van der Waals surface area contributed by atoms with Crippen molar-refractivity contribution in [2.24, 2.45) is 0 Å². The van der Waals surface area contributed by atoms with Crippen LogP contribution in [0.1, 0.15) is 23.8 Å². The highest BCUT2D eigenvalue weighted by Gasteiger charge is 2.15. The van der Waals surface area contributed by atoms with Gasteiger partial charge in [-0.05, 0) is 43.7 Å². The minimum absolute atomic E-state index is 0.0896. The van der Waals surface area contributed by atoms with E-state index in [2.05, 4.69) is 12.2 Å². The summed E-state index contributed by atoms with van der Waals surface area (Å²) in [4.78, 5) is 1.73. The lowest BCUT2D eigenvalue weighted by Crippen LogP contribution is -2.12. The molecule has 0 bridgehead atoms. The fourth-order valence-corrected chi connectivity index (χ4v) is 2.90. The Morgan fingerprint density at radius 1 is 1.16 bits per heavy atom. The van der Waals surface area contributed by atoms with Gasteiger partial charge in [0, 0.05) is 16.3 Å². The Morgan fingerprint density at radius 3 is 2.68 bits per heavy atom. The zero-order valence-electron chi connectivity index (χ0n) is 11.1. The van der Waals surface area contributed by atoms with Crippen LogP contribution in [0, 0.1) is 18.6 Å². The fraction of sp³-hybridized carbons (Fsp3) is 0.333. The molecule has 2 aromatic rings. The lowest BCUT2D eigenvalue weighted by atomic mass is 10.1. The van der Waals surface area contributed by atoms with Crippen molar-refractivity contribution in [3.05, 3.63) is 46.3 Å². The van der Waals surface area contributed by atoms with Gasteiger partial charge in [0.1, 0.15) is 11.6 Å². The molecule has 1 aromatic carbocycles. The summed E-state index contributed by atoms with van der Waals surface area (Å²) in [5, 5.41) is 3.28. The predicted octanol–water partition coefficient (Wildman–Crippen LogP) is 4.50.